The molecule has 1 amide bonds. The molecule has 0 N–H and O–H groups in total. The topological polar surface area (TPSA) is 71.8 Å². The molecule has 4 aromatic rings. The summed E-state index contributed by atoms with van der Waals surface area (Å²) in [5, 5.41) is 1.39. The van der Waals surface area contributed by atoms with Gasteiger partial charge in [-0.1, -0.05) is 53.6 Å². The normalized spacial score (nSPS) is 13.5. The molecule has 1 aliphatic rings. The van der Waals surface area contributed by atoms with Crippen molar-refractivity contribution in [3.05, 3.63) is 110 Å². The van der Waals surface area contributed by atoms with E-state index >= 15 is 0 Å². The molecule has 5 rings (SSSR count). The van der Waals surface area contributed by atoms with Crippen molar-refractivity contribution in [3.8, 4) is 0 Å². The van der Waals surface area contributed by atoms with Gasteiger partial charge in [-0.05, 0) is 55.8 Å². The molecule has 3 aromatic carbocycles. The molecule has 1 saturated heterocycles. The van der Waals surface area contributed by atoms with Gasteiger partial charge in [0.1, 0.15) is 5.56 Å². The van der Waals surface area contributed by atoms with Crippen LogP contribution in [-0.4, -0.2) is 54.1 Å². The summed E-state index contributed by atoms with van der Waals surface area (Å²) < 4.78 is 7.05. The number of aryl methyl sites for hydroxylation is 1. The molecule has 1 fully saturated rings. The Kier molecular flexibility index (Phi) is 7.70. The number of hydrogen-bond acceptors (Lipinski definition) is 5. The number of amides is 1. The molecule has 0 bridgehead atoms. The summed E-state index contributed by atoms with van der Waals surface area (Å²) >= 11 is 5.98. The Morgan fingerprint density at radius 1 is 0.923 bits per heavy atom. The van der Waals surface area contributed by atoms with Crippen LogP contribution < -0.4 is 10.5 Å². The third-order valence-electron chi connectivity index (χ3n) is 7.03. The lowest BCUT2D eigenvalue weighted by Crippen LogP contribution is -2.49. The van der Waals surface area contributed by atoms with E-state index in [9.17, 15) is 14.4 Å². The molecule has 200 valence electrons. The highest BCUT2D eigenvalue weighted by atomic mass is 35.5. The van der Waals surface area contributed by atoms with E-state index in [0.29, 0.717) is 49.0 Å². The maximum absolute atomic E-state index is 14.0. The van der Waals surface area contributed by atoms with Gasteiger partial charge in [0.15, 0.2) is 0 Å². The first-order valence-electron chi connectivity index (χ1n) is 13.1. The van der Waals surface area contributed by atoms with Crippen LogP contribution >= 0.6 is 11.6 Å². The van der Waals surface area contributed by atoms with E-state index < -0.39 is 5.97 Å². The maximum atomic E-state index is 14.0. The van der Waals surface area contributed by atoms with Gasteiger partial charge in [0.2, 0.25) is 0 Å². The van der Waals surface area contributed by atoms with Gasteiger partial charge in [-0.15, -0.1) is 0 Å². The number of carbonyl (C=O) groups excluding carboxylic acids is 2. The second-order valence-corrected chi connectivity index (χ2v) is 10.1. The van der Waals surface area contributed by atoms with Crippen molar-refractivity contribution < 1.29 is 14.3 Å². The van der Waals surface area contributed by atoms with Crippen LogP contribution in [0.2, 0.25) is 5.02 Å². The smallest absolute Gasteiger partial charge is 0.345 e. The number of piperazine rings is 1. The molecular weight excluding hydrogens is 514 g/mol. The third kappa shape index (κ3) is 5.40. The van der Waals surface area contributed by atoms with Crippen molar-refractivity contribution in [3.63, 3.8) is 0 Å². The Balaban J connectivity index is 1.57. The summed E-state index contributed by atoms with van der Waals surface area (Å²) in [4.78, 5) is 44.2. The van der Waals surface area contributed by atoms with Gasteiger partial charge in [0.25, 0.3) is 11.5 Å². The predicted octanol–water partition coefficient (Wildman–Crippen LogP) is 5.15. The number of benzene rings is 3. The van der Waals surface area contributed by atoms with Crippen molar-refractivity contribution in [2.45, 2.75) is 20.4 Å². The number of fused-ring (bicyclic) bond motifs is 1. The number of anilines is 1. The molecule has 0 spiro atoms. The fraction of sp³-hybridized carbons (Fsp3) is 0.258. The van der Waals surface area contributed by atoms with E-state index in [1.165, 1.54) is 0 Å². The fourth-order valence-electron chi connectivity index (χ4n) is 5.10. The molecule has 0 atom stereocenters. The first-order valence-corrected chi connectivity index (χ1v) is 13.4. The van der Waals surface area contributed by atoms with Gasteiger partial charge in [-0.25, -0.2) is 4.79 Å². The zero-order valence-electron chi connectivity index (χ0n) is 22.0. The number of rotatable bonds is 6. The molecule has 7 nitrogen and oxygen atoms in total. The summed E-state index contributed by atoms with van der Waals surface area (Å²) in [6, 6.07) is 22.5. The van der Waals surface area contributed by atoms with Crippen LogP contribution in [0, 0.1) is 6.92 Å². The predicted molar refractivity (Wildman–Crippen MR) is 154 cm³/mol. The molecular formula is C31H30ClN3O4. The lowest BCUT2D eigenvalue weighted by molar-refractivity contribution is 0.0523. The van der Waals surface area contributed by atoms with Crippen molar-refractivity contribution >= 4 is 40.1 Å². The summed E-state index contributed by atoms with van der Waals surface area (Å²) in [5.41, 5.74) is 3.51. The van der Waals surface area contributed by atoms with Crippen molar-refractivity contribution in [2.24, 2.45) is 0 Å². The molecule has 0 saturated carbocycles. The van der Waals surface area contributed by atoms with Gasteiger partial charge >= 0.3 is 5.97 Å². The summed E-state index contributed by atoms with van der Waals surface area (Å²) in [5.74, 6) is -0.710. The van der Waals surface area contributed by atoms with Crippen LogP contribution in [-0.2, 0) is 11.3 Å². The highest BCUT2D eigenvalue weighted by molar-refractivity contribution is 6.30. The Hall–Kier alpha value is -4.10. The SMILES string of the molecule is CCOC(=O)c1c(N2CCN(C(=O)c3ccc(Cl)cc3)CC2)c2cc(C)ccc2n(Cc2ccccc2)c1=O. The van der Waals surface area contributed by atoms with Crippen molar-refractivity contribution in [2.75, 3.05) is 37.7 Å². The van der Waals surface area contributed by atoms with E-state index in [2.05, 4.69) is 0 Å². The Morgan fingerprint density at radius 2 is 1.62 bits per heavy atom. The zero-order valence-corrected chi connectivity index (χ0v) is 22.8. The first kappa shape index (κ1) is 26.5. The average molecular weight is 544 g/mol. The van der Waals surface area contributed by atoms with Gasteiger partial charge < -0.3 is 19.1 Å². The largest absolute Gasteiger partial charge is 0.462 e. The highest BCUT2D eigenvalue weighted by Crippen LogP contribution is 2.32. The van der Waals surface area contributed by atoms with Gasteiger partial charge in [-0.2, -0.15) is 0 Å². The monoisotopic (exact) mass is 543 g/mol. The summed E-state index contributed by atoms with van der Waals surface area (Å²) in [7, 11) is 0. The minimum absolute atomic E-state index is 0.0309. The quantitative estimate of drug-likeness (QED) is 0.314. The summed E-state index contributed by atoms with van der Waals surface area (Å²) in [6.07, 6.45) is 0. The third-order valence-corrected chi connectivity index (χ3v) is 7.28. The Morgan fingerprint density at radius 3 is 2.28 bits per heavy atom. The number of pyridine rings is 1. The number of hydrogen-bond donors (Lipinski definition) is 0. The van der Waals surface area contributed by atoms with Crippen LogP contribution in [0.1, 0.15) is 38.8 Å². The second kappa shape index (κ2) is 11.3. The van der Waals surface area contributed by atoms with E-state index in [0.717, 1.165) is 22.0 Å². The van der Waals surface area contributed by atoms with E-state index in [1.54, 1.807) is 40.7 Å². The van der Waals surface area contributed by atoms with Gasteiger partial charge in [0.05, 0.1) is 24.4 Å². The van der Waals surface area contributed by atoms with Crippen molar-refractivity contribution in [1.29, 1.82) is 0 Å². The van der Waals surface area contributed by atoms with Crippen LogP contribution in [0.4, 0.5) is 5.69 Å². The molecule has 2 heterocycles. The number of nitrogens with zero attached hydrogens (tertiary/aromatic N) is 3. The molecule has 39 heavy (non-hydrogen) atoms. The Labute approximate surface area is 232 Å². The lowest BCUT2D eigenvalue weighted by atomic mass is 10.0. The van der Waals surface area contributed by atoms with E-state index in [1.807, 2.05) is 60.4 Å². The maximum Gasteiger partial charge on any atom is 0.345 e. The average Bonchev–Trinajstić information content (AvgIpc) is 2.95. The standard InChI is InChI=1S/C31H30ClN3O4/c1-3-39-31(38)27-28(33-15-17-34(18-16-33)29(36)23-10-12-24(32)13-11-23)25-19-21(2)9-14-26(25)35(30(27)37)20-22-7-5-4-6-8-22/h4-14,19H,3,15-18,20H2,1-2H3. The van der Waals surface area contributed by atoms with Gasteiger partial charge in [-0.3, -0.25) is 9.59 Å². The molecule has 1 aromatic heterocycles. The van der Waals surface area contributed by atoms with Crippen LogP contribution in [0.5, 0.6) is 0 Å². The number of ether oxygens (including phenoxy) is 1. The first-order chi connectivity index (χ1) is 18.9. The zero-order chi connectivity index (χ0) is 27.5. The fourth-order valence-corrected chi connectivity index (χ4v) is 5.23. The van der Waals surface area contributed by atoms with E-state index in [-0.39, 0.29) is 23.6 Å². The van der Waals surface area contributed by atoms with Crippen LogP contribution in [0.3, 0.4) is 0 Å². The minimum Gasteiger partial charge on any atom is -0.462 e. The number of carbonyl (C=O) groups is 2. The molecule has 8 heteroatoms. The number of aromatic nitrogens is 1. The van der Waals surface area contributed by atoms with E-state index in [4.69, 9.17) is 16.3 Å². The van der Waals surface area contributed by atoms with Crippen LogP contribution in [0.15, 0.2) is 77.6 Å². The molecule has 1 aliphatic heterocycles. The Bertz CT molecular complexity index is 1570. The number of halogens is 1. The second-order valence-electron chi connectivity index (χ2n) is 9.63. The lowest BCUT2D eigenvalue weighted by Gasteiger charge is -2.37. The number of esters is 1. The molecule has 0 unspecified atom stereocenters. The van der Waals surface area contributed by atoms with Crippen molar-refractivity contribution in [1.82, 2.24) is 9.47 Å². The highest BCUT2D eigenvalue weighted by Gasteiger charge is 2.30. The molecule has 0 radical (unpaired) electrons. The van der Waals surface area contributed by atoms with Gasteiger partial charge in [0, 0.05) is 42.2 Å². The summed E-state index contributed by atoms with van der Waals surface area (Å²) in [6.45, 7) is 6.04. The minimum atomic E-state index is -0.637. The molecule has 0 aliphatic carbocycles. The van der Waals surface area contributed by atoms with Crippen LogP contribution in [0.25, 0.3) is 10.9 Å².